The average Bonchev–Trinajstić information content (AvgIpc) is 2.58. The fourth-order valence-corrected chi connectivity index (χ4v) is 2.90. The quantitative estimate of drug-likeness (QED) is 0.712. The highest BCUT2D eigenvalue weighted by Crippen LogP contribution is 2.39. The number of benzene rings is 2. The number of fused-ring (bicyclic) bond motifs is 1. The number of carbonyl (C=O) groups is 1. The highest BCUT2D eigenvalue weighted by Gasteiger charge is 2.22. The van der Waals surface area contributed by atoms with Crippen molar-refractivity contribution in [1.82, 2.24) is 9.88 Å². The Hall–Kier alpha value is -2.50. The first-order valence-corrected chi connectivity index (χ1v) is 8.14. The first-order valence-electron chi connectivity index (χ1n) is 7.38. The van der Waals surface area contributed by atoms with Crippen molar-refractivity contribution in [2.45, 2.75) is 0 Å². The van der Waals surface area contributed by atoms with E-state index in [-0.39, 0.29) is 11.3 Å². The van der Waals surface area contributed by atoms with Crippen LogP contribution >= 0.6 is 23.2 Å². The van der Waals surface area contributed by atoms with Crippen molar-refractivity contribution in [2.75, 3.05) is 14.1 Å². The van der Waals surface area contributed by atoms with Crippen molar-refractivity contribution < 1.29 is 9.53 Å². The monoisotopic (exact) mass is 376 g/mol. The molecule has 0 aliphatic heterocycles. The van der Waals surface area contributed by atoms with E-state index < -0.39 is 11.7 Å². The van der Waals surface area contributed by atoms with Crippen LogP contribution in [0.15, 0.2) is 47.3 Å². The summed E-state index contributed by atoms with van der Waals surface area (Å²) in [6.07, 6.45) is -0.625. The number of pyridine rings is 1. The molecule has 3 aromatic rings. The lowest BCUT2D eigenvalue weighted by atomic mass is 10.0. The van der Waals surface area contributed by atoms with Crippen LogP contribution < -0.4 is 10.3 Å². The summed E-state index contributed by atoms with van der Waals surface area (Å²) in [6.45, 7) is 0. The van der Waals surface area contributed by atoms with E-state index in [1.54, 1.807) is 50.5 Å². The van der Waals surface area contributed by atoms with Gasteiger partial charge >= 0.3 is 6.09 Å². The van der Waals surface area contributed by atoms with Gasteiger partial charge in [0.15, 0.2) is 5.75 Å². The van der Waals surface area contributed by atoms with Crippen LogP contribution in [-0.2, 0) is 0 Å². The van der Waals surface area contributed by atoms with E-state index in [0.717, 1.165) is 0 Å². The van der Waals surface area contributed by atoms with Crippen molar-refractivity contribution >= 4 is 40.2 Å². The Kier molecular flexibility index (Phi) is 4.70. The van der Waals surface area contributed by atoms with Gasteiger partial charge in [0, 0.05) is 14.1 Å². The second kappa shape index (κ2) is 6.78. The molecule has 25 heavy (non-hydrogen) atoms. The number of aromatic amines is 1. The molecular formula is C18H14Cl2N2O3. The normalized spacial score (nSPS) is 10.7. The minimum atomic E-state index is -0.625. The lowest BCUT2D eigenvalue weighted by Crippen LogP contribution is -2.26. The van der Waals surface area contributed by atoms with Crippen molar-refractivity contribution in [3.05, 3.63) is 62.9 Å². The first kappa shape index (κ1) is 17.3. The Balaban J connectivity index is 2.42. The topological polar surface area (TPSA) is 62.4 Å². The van der Waals surface area contributed by atoms with Crippen LogP contribution in [0.2, 0.25) is 10.0 Å². The smallest absolute Gasteiger partial charge is 0.409 e. The van der Waals surface area contributed by atoms with Gasteiger partial charge in [-0.05, 0) is 17.7 Å². The summed E-state index contributed by atoms with van der Waals surface area (Å²) >= 11 is 12.5. The molecule has 5 nitrogen and oxygen atoms in total. The lowest BCUT2D eigenvalue weighted by Gasteiger charge is -2.17. The minimum Gasteiger partial charge on any atom is -0.409 e. The average molecular weight is 377 g/mol. The molecule has 128 valence electrons. The van der Waals surface area contributed by atoms with Gasteiger partial charge in [0.2, 0.25) is 0 Å². The molecule has 0 unspecified atom stereocenters. The molecular weight excluding hydrogens is 363 g/mol. The number of rotatable bonds is 2. The van der Waals surface area contributed by atoms with Gasteiger partial charge in [-0.25, -0.2) is 4.79 Å². The third-order valence-corrected chi connectivity index (χ3v) is 4.27. The zero-order chi connectivity index (χ0) is 18.1. The number of halogens is 2. The molecule has 0 aliphatic carbocycles. The number of aromatic nitrogens is 1. The number of carbonyl (C=O) groups excluding carboxylic acids is 1. The maximum absolute atomic E-state index is 12.7. The van der Waals surface area contributed by atoms with Gasteiger partial charge in [-0.3, -0.25) is 4.79 Å². The number of H-pyrrole nitrogens is 1. The summed E-state index contributed by atoms with van der Waals surface area (Å²) in [4.78, 5) is 28.9. The molecule has 0 aliphatic rings. The molecule has 1 N–H and O–H groups in total. The molecule has 1 amide bonds. The maximum Gasteiger partial charge on any atom is 0.414 e. The standard InChI is InChI=1S/C18H14Cl2N2O3/c1-22(2)18(24)25-16-13(10-6-4-3-5-7-10)17(23)21-15-12(20)9-8-11(19)14(15)16/h3-9H,1-2H3,(H,21,23). The zero-order valence-corrected chi connectivity index (χ0v) is 15.0. The molecule has 0 atom stereocenters. The first-order chi connectivity index (χ1) is 11.9. The summed E-state index contributed by atoms with van der Waals surface area (Å²) in [5.41, 5.74) is 0.709. The summed E-state index contributed by atoms with van der Waals surface area (Å²) < 4.78 is 5.52. The number of hydrogen-bond acceptors (Lipinski definition) is 3. The molecule has 1 heterocycles. The Morgan fingerprint density at radius 1 is 1.04 bits per heavy atom. The van der Waals surface area contributed by atoms with Crippen LogP contribution in [0.1, 0.15) is 0 Å². The van der Waals surface area contributed by atoms with Gasteiger partial charge in [-0.15, -0.1) is 0 Å². The van der Waals surface area contributed by atoms with Crippen LogP contribution in [0.4, 0.5) is 4.79 Å². The van der Waals surface area contributed by atoms with E-state index in [0.29, 0.717) is 26.5 Å². The van der Waals surface area contributed by atoms with Crippen LogP contribution in [0.3, 0.4) is 0 Å². The van der Waals surface area contributed by atoms with E-state index >= 15 is 0 Å². The number of nitrogens with one attached hydrogen (secondary N) is 1. The number of ether oxygens (including phenoxy) is 1. The van der Waals surface area contributed by atoms with E-state index in [2.05, 4.69) is 4.98 Å². The van der Waals surface area contributed by atoms with Crippen LogP contribution in [0, 0.1) is 0 Å². The van der Waals surface area contributed by atoms with Crippen LogP contribution in [0.5, 0.6) is 5.75 Å². The summed E-state index contributed by atoms with van der Waals surface area (Å²) in [5.74, 6) is 0.0798. The lowest BCUT2D eigenvalue weighted by molar-refractivity contribution is 0.172. The Bertz CT molecular complexity index is 1010. The summed E-state index contributed by atoms with van der Waals surface area (Å²) in [5, 5.41) is 0.996. The second-order valence-electron chi connectivity index (χ2n) is 5.57. The van der Waals surface area contributed by atoms with Crippen molar-refractivity contribution in [3.8, 4) is 16.9 Å². The molecule has 0 saturated carbocycles. The molecule has 1 aromatic heterocycles. The predicted octanol–water partition coefficient (Wildman–Crippen LogP) is 4.56. The summed E-state index contributed by atoms with van der Waals surface area (Å²) in [7, 11) is 3.10. The van der Waals surface area contributed by atoms with E-state index in [4.69, 9.17) is 27.9 Å². The molecule has 7 heteroatoms. The van der Waals surface area contributed by atoms with Gasteiger partial charge < -0.3 is 14.6 Å². The SMILES string of the molecule is CN(C)C(=O)Oc1c(-c2ccccc2)c(=O)[nH]c2c(Cl)ccc(Cl)c12. The van der Waals surface area contributed by atoms with Crippen molar-refractivity contribution in [2.24, 2.45) is 0 Å². The molecule has 0 fully saturated rings. The molecule has 0 saturated heterocycles. The maximum atomic E-state index is 12.7. The Labute approximate surface area is 153 Å². The molecule has 3 rings (SSSR count). The van der Waals surface area contributed by atoms with E-state index in [1.807, 2.05) is 6.07 Å². The minimum absolute atomic E-state index is 0.0798. The van der Waals surface area contributed by atoms with Gasteiger partial charge in [-0.2, -0.15) is 0 Å². The fraction of sp³-hybridized carbons (Fsp3) is 0.111. The Morgan fingerprint density at radius 3 is 2.32 bits per heavy atom. The van der Waals surface area contributed by atoms with Gasteiger partial charge in [0.25, 0.3) is 5.56 Å². The number of hydrogen-bond donors (Lipinski definition) is 1. The van der Waals surface area contributed by atoms with Gasteiger partial charge in [0.05, 0.1) is 26.5 Å². The van der Waals surface area contributed by atoms with Crippen molar-refractivity contribution in [3.63, 3.8) is 0 Å². The van der Waals surface area contributed by atoms with Crippen LogP contribution in [-0.4, -0.2) is 30.1 Å². The predicted molar refractivity (Wildman–Crippen MR) is 99.7 cm³/mol. The number of nitrogens with zero attached hydrogens (tertiary/aromatic N) is 1. The number of amides is 1. The largest absolute Gasteiger partial charge is 0.414 e. The molecule has 2 aromatic carbocycles. The van der Waals surface area contributed by atoms with Gasteiger partial charge in [-0.1, -0.05) is 53.5 Å². The zero-order valence-electron chi connectivity index (χ0n) is 13.5. The third kappa shape index (κ3) is 3.21. The Morgan fingerprint density at radius 2 is 1.68 bits per heavy atom. The third-order valence-electron chi connectivity index (χ3n) is 3.64. The molecule has 0 radical (unpaired) electrons. The molecule has 0 spiro atoms. The highest BCUT2D eigenvalue weighted by atomic mass is 35.5. The summed E-state index contributed by atoms with van der Waals surface area (Å²) in [6, 6.07) is 12.1. The van der Waals surface area contributed by atoms with E-state index in [9.17, 15) is 9.59 Å². The second-order valence-corrected chi connectivity index (χ2v) is 6.38. The fourth-order valence-electron chi connectivity index (χ4n) is 2.45. The van der Waals surface area contributed by atoms with Gasteiger partial charge in [0.1, 0.15) is 0 Å². The van der Waals surface area contributed by atoms with Crippen LogP contribution in [0.25, 0.3) is 22.0 Å². The molecule has 0 bridgehead atoms. The highest BCUT2D eigenvalue weighted by molar-refractivity contribution is 6.40. The van der Waals surface area contributed by atoms with Crippen molar-refractivity contribution in [1.29, 1.82) is 0 Å². The van der Waals surface area contributed by atoms with E-state index in [1.165, 1.54) is 4.90 Å².